The zero-order chi connectivity index (χ0) is 20.4. The fourth-order valence-electron chi connectivity index (χ4n) is 2.95. The smallest absolute Gasteiger partial charge is 0.298 e. The molecule has 0 aliphatic rings. The number of fused-ring (bicyclic) bond motifs is 1. The van der Waals surface area contributed by atoms with Gasteiger partial charge in [-0.1, -0.05) is 58.4 Å². The van der Waals surface area contributed by atoms with Crippen molar-refractivity contribution in [3.8, 4) is 0 Å². The van der Waals surface area contributed by atoms with Gasteiger partial charge in [-0.2, -0.15) is 10.1 Å². The number of benzene rings is 2. The molecule has 0 spiro atoms. The highest BCUT2D eigenvalue weighted by molar-refractivity contribution is 9.10. The number of hydrogen-bond acceptors (Lipinski definition) is 5. The van der Waals surface area contributed by atoms with E-state index in [-0.39, 0.29) is 5.65 Å². The third-order valence-electron chi connectivity index (χ3n) is 4.44. The first kappa shape index (κ1) is 18.9. The number of anilines is 1. The van der Waals surface area contributed by atoms with Gasteiger partial charge in [0, 0.05) is 11.5 Å². The molecule has 29 heavy (non-hydrogen) atoms. The van der Waals surface area contributed by atoms with Crippen molar-refractivity contribution in [3.63, 3.8) is 0 Å². The second kappa shape index (κ2) is 7.88. The van der Waals surface area contributed by atoms with Crippen LogP contribution in [0.1, 0.15) is 11.1 Å². The molecule has 0 saturated carbocycles. The predicted molar refractivity (Wildman–Crippen MR) is 116 cm³/mol. The molecule has 0 aliphatic carbocycles. The number of nitrogens with one attached hydrogen (secondary N) is 2. The number of hydrazone groups is 1. The minimum Gasteiger partial charge on any atom is -0.298 e. The Hall–Kier alpha value is -3.46. The van der Waals surface area contributed by atoms with E-state index in [4.69, 9.17) is 0 Å². The molecule has 0 unspecified atom stereocenters. The molecule has 0 bridgehead atoms. The fourth-order valence-corrected chi connectivity index (χ4v) is 3.21. The summed E-state index contributed by atoms with van der Waals surface area (Å²) in [5.74, 6) is 0.363. The summed E-state index contributed by atoms with van der Waals surface area (Å²) in [6, 6.07) is 17.3. The van der Waals surface area contributed by atoms with Crippen molar-refractivity contribution in [2.75, 3.05) is 5.43 Å². The maximum atomic E-state index is 12.5. The standard InChI is InChI=1S/C20H17BrN6O2/c1-26-17-16(18(28)24-20(26)29)27(12-14-7-9-15(21)10-8-14)19(23-17)25-22-11-13-5-3-2-4-6-13/h2-11H,12H2,1H3,(H,23,25)(H,24,28,29). The number of aromatic nitrogens is 4. The lowest BCUT2D eigenvalue weighted by atomic mass is 10.2. The quantitative estimate of drug-likeness (QED) is 0.359. The average molecular weight is 453 g/mol. The summed E-state index contributed by atoms with van der Waals surface area (Å²) in [6.07, 6.45) is 1.66. The number of H-pyrrole nitrogens is 1. The van der Waals surface area contributed by atoms with E-state index in [0.29, 0.717) is 18.0 Å². The molecule has 2 heterocycles. The lowest BCUT2D eigenvalue weighted by Gasteiger charge is -2.08. The maximum Gasteiger partial charge on any atom is 0.329 e. The van der Waals surface area contributed by atoms with E-state index in [1.54, 1.807) is 17.8 Å². The number of nitrogens with zero attached hydrogens (tertiary/aromatic N) is 4. The van der Waals surface area contributed by atoms with Crippen molar-refractivity contribution in [2.24, 2.45) is 12.1 Å². The van der Waals surface area contributed by atoms with Crippen molar-refractivity contribution < 1.29 is 0 Å². The van der Waals surface area contributed by atoms with E-state index in [1.807, 2.05) is 54.6 Å². The second-order valence-electron chi connectivity index (χ2n) is 6.42. The van der Waals surface area contributed by atoms with Gasteiger partial charge in [-0.15, -0.1) is 0 Å². The average Bonchev–Trinajstić information content (AvgIpc) is 3.08. The van der Waals surface area contributed by atoms with Gasteiger partial charge >= 0.3 is 5.69 Å². The van der Waals surface area contributed by atoms with Crippen molar-refractivity contribution in [3.05, 3.63) is 91.0 Å². The SMILES string of the molecule is Cn1c(=O)[nH]c(=O)c2c1nc(NN=Cc1ccccc1)n2Cc1ccc(Br)cc1. The van der Waals surface area contributed by atoms with Gasteiger partial charge in [-0.25, -0.2) is 10.2 Å². The molecule has 4 rings (SSSR count). The van der Waals surface area contributed by atoms with E-state index in [1.165, 1.54) is 4.57 Å². The Morgan fingerprint density at radius 2 is 1.86 bits per heavy atom. The summed E-state index contributed by atoms with van der Waals surface area (Å²) >= 11 is 3.42. The van der Waals surface area contributed by atoms with Crippen molar-refractivity contribution in [1.29, 1.82) is 0 Å². The minimum atomic E-state index is -0.518. The number of hydrogen-bond donors (Lipinski definition) is 2. The third kappa shape index (κ3) is 3.90. The first-order chi connectivity index (χ1) is 14.0. The number of aromatic amines is 1. The van der Waals surface area contributed by atoms with Crippen LogP contribution in [0, 0.1) is 0 Å². The zero-order valence-electron chi connectivity index (χ0n) is 15.5. The molecular formula is C20H17BrN6O2. The molecular weight excluding hydrogens is 436 g/mol. The lowest BCUT2D eigenvalue weighted by molar-refractivity contribution is 0.808. The van der Waals surface area contributed by atoms with Gasteiger partial charge < -0.3 is 0 Å². The normalized spacial score (nSPS) is 11.4. The first-order valence-corrected chi connectivity index (χ1v) is 9.60. The third-order valence-corrected chi connectivity index (χ3v) is 4.97. The number of rotatable bonds is 5. The molecule has 9 heteroatoms. The van der Waals surface area contributed by atoms with Crippen LogP contribution in [0.25, 0.3) is 11.2 Å². The molecule has 0 saturated heterocycles. The second-order valence-corrected chi connectivity index (χ2v) is 7.33. The highest BCUT2D eigenvalue weighted by Gasteiger charge is 2.17. The van der Waals surface area contributed by atoms with Crippen LogP contribution in [0.15, 0.2) is 73.8 Å². The van der Waals surface area contributed by atoms with E-state index in [9.17, 15) is 9.59 Å². The van der Waals surface area contributed by atoms with Crippen molar-refractivity contribution >= 4 is 39.3 Å². The van der Waals surface area contributed by atoms with Gasteiger partial charge in [0.15, 0.2) is 11.2 Å². The molecule has 2 aromatic carbocycles. The number of imidazole rings is 1. The summed E-state index contributed by atoms with van der Waals surface area (Å²) in [7, 11) is 1.56. The Balaban J connectivity index is 1.79. The van der Waals surface area contributed by atoms with Gasteiger partial charge in [-0.05, 0) is 23.3 Å². The highest BCUT2D eigenvalue weighted by Crippen LogP contribution is 2.19. The van der Waals surface area contributed by atoms with Gasteiger partial charge in [0.2, 0.25) is 5.95 Å². The van der Waals surface area contributed by atoms with Gasteiger partial charge in [-0.3, -0.25) is 18.9 Å². The largest absolute Gasteiger partial charge is 0.329 e. The predicted octanol–water partition coefficient (Wildman–Crippen LogP) is 2.68. The van der Waals surface area contributed by atoms with E-state index in [0.717, 1.165) is 15.6 Å². The molecule has 2 aromatic heterocycles. The molecule has 4 aromatic rings. The minimum absolute atomic E-state index is 0.285. The highest BCUT2D eigenvalue weighted by atomic mass is 79.9. The molecule has 0 fully saturated rings. The summed E-state index contributed by atoms with van der Waals surface area (Å²) in [5.41, 5.74) is 4.36. The number of halogens is 1. The van der Waals surface area contributed by atoms with Crippen LogP contribution in [-0.4, -0.2) is 25.3 Å². The van der Waals surface area contributed by atoms with Crippen LogP contribution in [0.2, 0.25) is 0 Å². The van der Waals surface area contributed by atoms with E-state index in [2.05, 4.69) is 36.4 Å². The van der Waals surface area contributed by atoms with Crippen molar-refractivity contribution in [1.82, 2.24) is 19.1 Å². The van der Waals surface area contributed by atoms with Gasteiger partial charge in [0.05, 0.1) is 12.8 Å². The Labute approximate surface area is 173 Å². The molecule has 0 atom stereocenters. The monoisotopic (exact) mass is 452 g/mol. The van der Waals surface area contributed by atoms with Crippen LogP contribution < -0.4 is 16.7 Å². The Morgan fingerprint density at radius 3 is 2.59 bits per heavy atom. The van der Waals surface area contributed by atoms with E-state index < -0.39 is 11.2 Å². The summed E-state index contributed by atoms with van der Waals surface area (Å²) < 4.78 is 3.97. The summed E-state index contributed by atoms with van der Waals surface area (Å²) in [5, 5.41) is 4.24. The van der Waals surface area contributed by atoms with Gasteiger partial charge in [0.25, 0.3) is 5.56 Å². The molecule has 0 radical (unpaired) electrons. The molecule has 146 valence electrons. The van der Waals surface area contributed by atoms with Crippen molar-refractivity contribution in [2.45, 2.75) is 6.54 Å². The Morgan fingerprint density at radius 1 is 1.14 bits per heavy atom. The molecule has 8 nitrogen and oxygen atoms in total. The van der Waals surface area contributed by atoms with E-state index >= 15 is 0 Å². The van der Waals surface area contributed by atoms with Crippen LogP contribution >= 0.6 is 15.9 Å². The Kier molecular flexibility index (Phi) is 5.13. The first-order valence-electron chi connectivity index (χ1n) is 8.81. The fraction of sp³-hybridized carbons (Fsp3) is 0.100. The zero-order valence-corrected chi connectivity index (χ0v) is 17.0. The molecule has 2 N–H and O–H groups in total. The maximum absolute atomic E-state index is 12.5. The molecule has 0 aliphatic heterocycles. The summed E-state index contributed by atoms with van der Waals surface area (Å²) in [4.78, 5) is 31.3. The topological polar surface area (TPSA) is 97.1 Å². The number of aryl methyl sites for hydroxylation is 1. The lowest BCUT2D eigenvalue weighted by Crippen LogP contribution is -2.29. The van der Waals surface area contributed by atoms with Gasteiger partial charge in [0.1, 0.15) is 0 Å². The van der Waals surface area contributed by atoms with Crippen LogP contribution in [0.5, 0.6) is 0 Å². The van der Waals surface area contributed by atoms with Crippen LogP contribution in [0.3, 0.4) is 0 Å². The molecule has 0 amide bonds. The summed E-state index contributed by atoms with van der Waals surface area (Å²) in [6.45, 7) is 0.383. The Bertz CT molecular complexity index is 1300. The van der Waals surface area contributed by atoms with Crippen LogP contribution in [0.4, 0.5) is 5.95 Å². The van der Waals surface area contributed by atoms with Crippen LogP contribution in [-0.2, 0) is 13.6 Å².